The minimum Gasteiger partial charge on any atom is -0.421 e. The van der Waals surface area contributed by atoms with Crippen LogP contribution in [0.2, 0.25) is 0 Å². The number of aryl methyl sites for hydroxylation is 3. The molecule has 26 heavy (non-hydrogen) atoms. The SMILES string of the molecule is Cc1cc(C)n(CC(C)CNC(=O)CCc2nnc(-c3ccsc3)o2)n1. The molecule has 1 atom stereocenters. The average molecular weight is 373 g/mol. The summed E-state index contributed by atoms with van der Waals surface area (Å²) in [6.45, 7) is 7.52. The summed E-state index contributed by atoms with van der Waals surface area (Å²) < 4.78 is 7.57. The van der Waals surface area contributed by atoms with Crippen molar-refractivity contribution in [1.82, 2.24) is 25.3 Å². The van der Waals surface area contributed by atoms with Crippen LogP contribution in [-0.4, -0.2) is 32.4 Å². The third-order valence-electron chi connectivity index (χ3n) is 4.04. The van der Waals surface area contributed by atoms with Gasteiger partial charge in [0, 0.05) is 42.6 Å². The van der Waals surface area contributed by atoms with Gasteiger partial charge in [0.1, 0.15) is 0 Å². The number of nitrogens with zero attached hydrogens (tertiary/aromatic N) is 4. The standard InChI is InChI=1S/C18H23N5O2S/c1-12(10-23-14(3)8-13(2)22-23)9-19-16(24)4-5-17-20-21-18(25-17)15-6-7-26-11-15/h6-8,11-12H,4-5,9-10H2,1-3H3,(H,19,24). The Labute approximate surface area is 156 Å². The molecule has 0 aliphatic rings. The average Bonchev–Trinajstić information content (AvgIpc) is 3.32. The monoisotopic (exact) mass is 373 g/mol. The van der Waals surface area contributed by atoms with E-state index in [9.17, 15) is 4.79 Å². The normalized spacial score (nSPS) is 12.3. The van der Waals surface area contributed by atoms with Gasteiger partial charge in [0.15, 0.2) is 0 Å². The highest BCUT2D eigenvalue weighted by Crippen LogP contribution is 2.20. The summed E-state index contributed by atoms with van der Waals surface area (Å²) in [6, 6.07) is 3.99. The highest BCUT2D eigenvalue weighted by atomic mass is 32.1. The lowest BCUT2D eigenvalue weighted by molar-refractivity contribution is -0.121. The molecule has 7 nitrogen and oxygen atoms in total. The predicted molar refractivity (Wildman–Crippen MR) is 99.8 cm³/mol. The van der Waals surface area contributed by atoms with Crippen molar-refractivity contribution in [3.05, 3.63) is 40.2 Å². The molecule has 0 aromatic carbocycles. The molecule has 1 unspecified atom stereocenters. The van der Waals surface area contributed by atoms with Crippen LogP contribution in [0.15, 0.2) is 27.3 Å². The second-order valence-corrected chi connectivity index (χ2v) is 7.31. The van der Waals surface area contributed by atoms with Gasteiger partial charge in [-0.2, -0.15) is 16.4 Å². The van der Waals surface area contributed by atoms with Crippen LogP contribution in [0.25, 0.3) is 11.5 Å². The van der Waals surface area contributed by atoms with Gasteiger partial charge in [0.05, 0.1) is 5.69 Å². The molecule has 0 radical (unpaired) electrons. The molecule has 0 saturated carbocycles. The molecule has 0 fully saturated rings. The lowest BCUT2D eigenvalue weighted by Crippen LogP contribution is -2.30. The molecular formula is C18H23N5O2S. The second kappa shape index (κ2) is 8.27. The fraction of sp³-hybridized carbons (Fsp3) is 0.444. The zero-order chi connectivity index (χ0) is 18.5. The molecular weight excluding hydrogens is 350 g/mol. The zero-order valence-corrected chi connectivity index (χ0v) is 16.0. The van der Waals surface area contributed by atoms with Crippen molar-refractivity contribution in [1.29, 1.82) is 0 Å². The molecule has 0 saturated heterocycles. The van der Waals surface area contributed by atoms with Crippen LogP contribution in [0.5, 0.6) is 0 Å². The van der Waals surface area contributed by atoms with Crippen LogP contribution in [0.4, 0.5) is 0 Å². The van der Waals surface area contributed by atoms with Gasteiger partial charge in [-0.05, 0) is 37.3 Å². The van der Waals surface area contributed by atoms with Crippen molar-refractivity contribution >= 4 is 17.2 Å². The number of rotatable bonds is 8. The molecule has 0 aliphatic carbocycles. The van der Waals surface area contributed by atoms with E-state index >= 15 is 0 Å². The van der Waals surface area contributed by atoms with Gasteiger partial charge in [-0.3, -0.25) is 9.48 Å². The van der Waals surface area contributed by atoms with Crippen molar-refractivity contribution in [2.24, 2.45) is 5.92 Å². The highest BCUT2D eigenvalue weighted by Gasteiger charge is 2.12. The third-order valence-corrected chi connectivity index (χ3v) is 4.72. The quantitative estimate of drug-likeness (QED) is 0.656. The van der Waals surface area contributed by atoms with E-state index in [4.69, 9.17) is 4.42 Å². The van der Waals surface area contributed by atoms with Crippen molar-refractivity contribution < 1.29 is 9.21 Å². The van der Waals surface area contributed by atoms with E-state index in [1.54, 1.807) is 11.3 Å². The van der Waals surface area contributed by atoms with E-state index in [0.29, 0.717) is 37.1 Å². The molecule has 0 spiro atoms. The Morgan fingerprint density at radius 3 is 2.92 bits per heavy atom. The number of aromatic nitrogens is 4. The number of hydrogen-bond donors (Lipinski definition) is 1. The molecule has 3 aromatic heterocycles. The largest absolute Gasteiger partial charge is 0.421 e. The lowest BCUT2D eigenvalue weighted by Gasteiger charge is -2.13. The van der Waals surface area contributed by atoms with Crippen molar-refractivity contribution in [3.8, 4) is 11.5 Å². The van der Waals surface area contributed by atoms with Gasteiger partial charge >= 0.3 is 0 Å². The van der Waals surface area contributed by atoms with Gasteiger partial charge in [0.2, 0.25) is 17.7 Å². The molecule has 0 bridgehead atoms. The van der Waals surface area contributed by atoms with E-state index in [-0.39, 0.29) is 5.91 Å². The maximum absolute atomic E-state index is 12.1. The smallest absolute Gasteiger partial charge is 0.248 e. The summed E-state index contributed by atoms with van der Waals surface area (Å²) in [5.41, 5.74) is 3.06. The Kier molecular flexibility index (Phi) is 5.82. The van der Waals surface area contributed by atoms with Gasteiger partial charge in [-0.1, -0.05) is 6.92 Å². The first-order valence-electron chi connectivity index (χ1n) is 8.64. The maximum atomic E-state index is 12.1. The zero-order valence-electron chi connectivity index (χ0n) is 15.2. The Bertz CT molecular complexity index is 853. The van der Waals surface area contributed by atoms with Gasteiger partial charge < -0.3 is 9.73 Å². The fourth-order valence-electron chi connectivity index (χ4n) is 2.67. The summed E-state index contributed by atoms with van der Waals surface area (Å²) >= 11 is 1.58. The molecule has 8 heteroatoms. The summed E-state index contributed by atoms with van der Waals surface area (Å²) in [6.07, 6.45) is 0.771. The van der Waals surface area contributed by atoms with E-state index in [1.807, 2.05) is 35.4 Å². The number of thiophene rings is 1. The molecule has 1 N–H and O–H groups in total. The molecule has 138 valence electrons. The molecule has 3 aromatic rings. The maximum Gasteiger partial charge on any atom is 0.248 e. The Hall–Kier alpha value is -2.48. The van der Waals surface area contributed by atoms with Gasteiger partial charge in [-0.25, -0.2) is 0 Å². The number of carbonyl (C=O) groups excluding carboxylic acids is 1. The molecule has 0 aliphatic heterocycles. The topological polar surface area (TPSA) is 85.8 Å². The van der Waals surface area contributed by atoms with Gasteiger partial charge in [0.25, 0.3) is 0 Å². The molecule has 3 heterocycles. The number of hydrogen-bond acceptors (Lipinski definition) is 6. The highest BCUT2D eigenvalue weighted by molar-refractivity contribution is 7.08. The van der Waals surface area contributed by atoms with E-state index < -0.39 is 0 Å². The van der Waals surface area contributed by atoms with E-state index in [1.165, 1.54) is 0 Å². The Balaban J connectivity index is 1.41. The summed E-state index contributed by atoms with van der Waals surface area (Å²) in [5, 5.41) is 19.3. The van der Waals surface area contributed by atoms with Crippen LogP contribution >= 0.6 is 11.3 Å². The van der Waals surface area contributed by atoms with Crippen molar-refractivity contribution in [2.45, 2.75) is 40.2 Å². The summed E-state index contributed by atoms with van der Waals surface area (Å²) in [7, 11) is 0. The molecule has 3 rings (SSSR count). The summed E-state index contributed by atoms with van der Waals surface area (Å²) in [4.78, 5) is 12.1. The van der Waals surface area contributed by atoms with Crippen LogP contribution < -0.4 is 5.32 Å². The number of amides is 1. The van der Waals surface area contributed by atoms with E-state index in [2.05, 4.69) is 33.6 Å². The van der Waals surface area contributed by atoms with Gasteiger partial charge in [-0.15, -0.1) is 10.2 Å². The van der Waals surface area contributed by atoms with Crippen LogP contribution in [0.1, 0.15) is 30.6 Å². The first kappa shape index (κ1) is 18.3. The predicted octanol–water partition coefficient (Wildman–Crippen LogP) is 3.00. The fourth-order valence-corrected chi connectivity index (χ4v) is 3.30. The van der Waals surface area contributed by atoms with Crippen LogP contribution in [0, 0.1) is 19.8 Å². The minimum atomic E-state index is -0.0134. The Morgan fingerprint density at radius 2 is 2.23 bits per heavy atom. The van der Waals surface area contributed by atoms with Crippen molar-refractivity contribution in [3.63, 3.8) is 0 Å². The third kappa shape index (κ3) is 4.78. The van der Waals surface area contributed by atoms with Crippen molar-refractivity contribution in [2.75, 3.05) is 6.54 Å². The van der Waals surface area contributed by atoms with Crippen LogP contribution in [0.3, 0.4) is 0 Å². The second-order valence-electron chi connectivity index (χ2n) is 6.53. The number of carbonyl (C=O) groups is 1. The van der Waals surface area contributed by atoms with E-state index in [0.717, 1.165) is 23.5 Å². The molecule has 1 amide bonds. The first-order chi connectivity index (χ1) is 12.5. The number of nitrogens with one attached hydrogen (secondary N) is 1. The first-order valence-corrected chi connectivity index (χ1v) is 9.58. The minimum absolute atomic E-state index is 0.0134. The summed E-state index contributed by atoms with van der Waals surface area (Å²) in [5.74, 6) is 1.27. The lowest BCUT2D eigenvalue weighted by atomic mass is 10.1. The van der Waals surface area contributed by atoms with Crippen LogP contribution in [-0.2, 0) is 17.8 Å². The Morgan fingerprint density at radius 1 is 1.38 bits per heavy atom.